The second-order valence-electron chi connectivity index (χ2n) is 7.99. The van der Waals surface area contributed by atoms with E-state index in [1.54, 1.807) is 54.9 Å². The lowest BCUT2D eigenvalue weighted by molar-refractivity contribution is -0.114. The number of ether oxygens (including phenoxy) is 1. The summed E-state index contributed by atoms with van der Waals surface area (Å²) >= 11 is 0. The Hall–Kier alpha value is -3.91. The maximum absolute atomic E-state index is 13.9. The van der Waals surface area contributed by atoms with Gasteiger partial charge in [-0.05, 0) is 73.5 Å². The molecule has 0 fully saturated rings. The lowest BCUT2D eigenvalue weighted by Crippen LogP contribution is -2.38. The Morgan fingerprint density at radius 2 is 1.71 bits per heavy atom. The van der Waals surface area contributed by atoms with Crippen molar-refractivity contribution in [3.05, 3.63) is 90.3 Å². The maximum Gasteiger partial charge on any atom is 0.265 e. The van der Waals surface area contributed by atoms with Crippen molar-refractivity contribution in [1.29, 1.82) is 0 Å². The van der Waals surface area contributed by atoms with E-state index in [2.05, 4.69) is 10.3 Å². The van der Waals surface area contributed by atoms with Gasteiger partial charge in [0.1, 0.15) is 12.3 Å². The molecular weight excluding hydrogens is 450 g/mol. The monoisotopic (exact) mass is 475 g/mol. The van der Waals surface area contributed by atoms with Gasteiger partial charge in [-0.1, -0.05) is 18.2 Å². The van der Waals surface area contributed by atoms with Crippen LogP contribution in [0, 0.1) is 13.8 Å². The van der Waals surface area contributed by atoms with Crippen LogP contribution in [-0.2, 0) is 14.8 Å². The zero-order chi connectivity index (χ0) is 24.3. The van der Waals surface area contributed by atoms with Gasteiger partial charge in [-0.2, -0.15) is 0 Å². The van der Waals surface area contributed by atoms with E-state index in [0.717, 1.165) is 15.4 Å². The molecule has 0 saturated heterocycles. The summed E-state index contributed by atoms with van der Waals surface area (Å²) in [4.78, 5) is 17.2. The molecule has 7 nitrogen and oxygen atoms in total. The molecular formula is C26H25N3O4S. The molecule has 34 heavy (non-hydrogen) atoms. The molecule has 0 unspecified atom stereocenters. The maximum atomic E-state index is 13.9. The average Bonchev–Trinajstić information content (AvgIpc) is 2.81. The second kappa shape index (κ2) is 9.52. The molecule has 3 aromatic carbocycles. The van der Waals surface area contributed by atoms with E-state index in [-0.39, 0.29) is 4.90 Å². The number of sulfonamides is 1. The lowest BCUT2D eigenvalue weighted by atomic mass is 10.1. The molecule has 8 heteroatoms. The number of benzene rings is 3. The fraction of sp³-hybridized carbons (Fsp3) is 0.154. The van der Waals surface area contributed by atoms with Crippen LogP contribution in [0.1, 0.15) is 11.1 Å². The molecule has 174 valence electrons. The van der Waals surface area contributed by atoms with Crippen LogP contribution in [0.5, 0.6) is 5.75 Å². The molecule has 0 atom stereocenters. The number of nitrogens with one attached hydrogen (secondary N) is 1. The number of amides is 1. The van der Waals surface area contributed by atoms with Gasteiger partial charge in [-0.3, -0.25) is 14.1 Å². The Morgan fingerprint density at radius 3 is 2.38 bits per heavy atom. The Morgan fingerprint density at radius 1 is 1.00 bits per heavy atom. The quantitative estimate of drug-likeness (QED) is 0.419. The number of nitrogens with zero attached hydrogens (tertiary/aromatic N) is 2. The molecule has 4 aromatic rings. The first-order chi connectivity index (χ1) is 16.3. The van der Waals surface area contributed by atoms with Crippen molar-refractivity contribution in [3.63, 3.8) is 0 Å². The van der Waals surface area contributed by atoms with E-state index in [4.69, 9.17) is 4.74 Å². The lowest BCUT2D eigenvalue weighted by Gasteiger charge is -2.25. The highest BCUT2D eigenvalue weighted by Crippen LogP contribution is 2.30. The standard InChI is InChI=1S/C26H25N3O4S/c1-18-13-19(2)15-21(14-18)28-26(30)17-29(22-7-9-23(33-3)10-8-22)34(31,32)25-6-4-5-20-16-27-12-11-24(20)25/h4-16H,17H2,1-3H3,(H,28,30). The van der Waals surface area contributed by atoms with Crippen molar-refractivity contribution in [3.8, 4) is 5.75 Å². The van der Waals surface area contributed by atoms with Crippen LogP contribution >= 0.6 is 0 Å². The highest BCUT2D eigenvalue weighted by molar-refractivity contribution is 7.93. The Balaban J connectivity index is 1.75. The van der Waals surface area contributed by atoms with E-state index >= 15 is 0 Å². The summed E-state index contributed by atoms with van der Waals surface area (Å²) in [6.45, 7) is 3.47. The summed E-state index contributed by atoms with van der Waals surface area (Å²) < 4.78 is 34.1. The zero-order valence-electron chi connectivity index (χ0n) is 19.1. The van der Waals surface area contributed by atoms with E-state index in [1.165, 1.54) is 13.2 Å². The molecule has 4 rings (SSSR count). The SMILES string of the molecule is COc1ccc(N(CC(=O)Nc2cc(C)cc(C)c2)S(=O)(=O)c2cccc3cnccc23)cc1. The van der Waals surface area contributed by atoms with E-state index in [1.807, 2.05) is 32.0 Å². The summed E-state index contributed by atoms with van der Waals surface area (Å²) in [7, 11) is -2.57. The van der Waals surface area contributed by atoms with E-state index in [9.17, 15) is 13.2 Å². The van der Waals surface area contributed by atoms with Gasteiger partial charge < -0.3 is 10.1 Å². The van der Waals surface area contributed by atoms with Gasteiger partial charge in [-0.15, -0.1) is 0 Å². The van der Waals surface area contributed by atoms with Crippen molar-refractivity contribution < 1.29 is 17.9 Å². The molecule has 0 aliphatic rings. The van der Waals surface area contributed by atoms with Crippen LogP contribution in [0.4, 0.5) is 11.4 Å². The largest absolute Gasteiger partial charge is 0.497 e. The molecule has 0 radical (unpaired) electrons. The molecule has 0 spiro atoms. The summed E-state index contributed by atoms with van der Waals surface area (Å²) in [5.74, 6) is 0.128. The summed E-state index contributed by atoms with van der Waals surface area (Å²) in [5.41, 5.74) is 2.96. The fourth-order valence-electron chi connectivity index (χ4n) is 3.88. The third-order valence-corrected chi connectivity index (χ3v) is 7.19. The second-order valence-corrected chi connectivity index (χ2v) is 9.82. The first-order valence-corrected chi connectivity index (χ1v) is 12.1. The van der Waals surface area contributed by atoms with Crippen LogP contribution in [0.15, 0.2) is 84.0 Å². The summed E-state index contributed by atoms with van der Waals surface area (Å²) in [6, 6.07) is 18.9. The van der Waals surface area contributed by atoms with Gasteiger partial charge in [-0.25, -0.2) is 8.42 Å². The number of aryl methyl sites for hydroxylation is 2. The van der Waals surface area contributed by atoms with Crippen molar-refractivity contribution in [2.24, 2.45) is 0 Å². The van der Waals surface area contributed by atoms with Crippen LogP contribution in [-0.4, -0.2) is 33.0 Å². The number of pyridine rings is 1. The third kappa shape index (κ3) is 4.87. The smallest absolute Gasteiger partial charge is 0.265 e. The molecule has 1 amide bonds. The molecule has 1 aromatic heterocycles. The number of carbonyl (C=O) groups is 1. The molecule has 1 N–H and O–H groups in total. The molecule has 0 aliphatic heterocycles. The van der Waals surface area contributed by atoms with Gasteiger partial charge in [0.2, 0.25) is 5.91 Å². The minimum atomic E-state index is -4.10. The minimum absolute atomic E-state index is 0.0995. The van der Waals surface area contributed by atoms with Crippen LogP contribution in [0.2, 0.25) is 0 Å². The Kier molecular flexibility index (Phi) is 6.51. The Labute approximate surface area is 199 Å². The van der Waals surface area contributed by atoms with Crippen LogP contribution in [0.3, 0.4) is 0 Å². The Bertz CT molecular complexity index is 1430. The predicted octanol–water partition coefficient (Wildman–Crippen LogP) is 4.69. The number of fused-ring (bicyclic) bond motifs is 1. The van der Waals surface area contributed by atoms with Crippen LogP contribution < -0.4 is 14.4 Å². The van der Waals surface area contributed by atoms with E-state index < -0.39 is 22.5 Å². The fourth-order valence-corrected chi connectivity index (χ4v) is 5.52. The summed E-state index contributed by atoms with van der Waals surface area (Å²) in [5, 5.41) is 4.05. The third-order valence-electron chi connectivity index (χ3n) is 5.36. The van der Waals surface area contributed by atoms with Gasteiger partial charge in [0.15, 0.2) is 0 Å². The van der Waals surface area contributed by atoms with Crippen molar-refractivity contribution in [1.82, 2.24) is 4.98 Å². The number of hydrogen-bond donors (Lipinski definition) is 1. The van der Waals surface area contributed by atoms with Gasteiger partial charge in [0.05, 0.1) is 17.7 Å². The first kappa shape index (κ1) is 23.3. The van der Waals surface area contributed by atoms with Crippen molar-refractivity contribution in [2.75, 3.05) is 23.3 Å². The zero-order valence-corrected chi connectivity index (χ0v) is 20.0. The number of hydrogen-bond acceptors (Lipinski definition) is 5. The highest BCUT2D eigenvalue weighted by Gasteiger charge is 2.29. The average molecular weight is 476 g/mol. The molecule has 0 aliphatic carbocycles. The normalized spacial score (nSPS) is 11.3. The molecule has 0 bridgehead atoms. The van der Waals surface area contributed by atoms with Gasteiger partial charge in [0, 0.05) is 28.9 Å². The van der Waals surface area contributed by atoms with Gasteiger partial charge >= 0.3 is 0 Å². The topological polar surface area (TPSA) is 88.6 Å². The molecule has 1 heterocycles. The molecule has 0 saturated carbocycles. The first-order valence-electron chi connectivity index (χ1n) is 10.7. The number of aromatic nitrogens is 1. The summed E-state index contributed by atoms with van der Waals surface area (Å²) in [6.07, 6.45) is 3.16. The minimum Gasteiger partial charge on any atom is -0.497 e. The number of anilines is 2. The number of rotatable bonds is 7. The van der Waals surface area contributed by atoms with Crippen LogP contribution in [0.25, 0.3) is 10.8 Å². The van der Waals surface area contributed by atoms with Gasteiger partial charge in [0.25, 0.3) is 10.0 Å². The highest BCUT2D eigenvalue weighted by atomic mass is 32.2. The number of methoxy groups -OCH3 is 1. The predicted molar refractivity (Wildman–Crippen MR) is 134 cm³/mol. The number of carbonyl (C=O) groups excluding carboxylic acids is 1. The van der Waals surface area contributed by atoms with Crippen molar-refractivity contribution in [2.45, 2.75) is 18.7 Å². The van der Waals surface area contributed by atoms with Crippen molar-refractivity contribution >= 4 is 38.1 Å². The van der Waals surface area contributed by atoms with E-state index in [0.29, 0.717) is 27.9 Å².